The summed E-state index contributed by atoms with van der Waals surface area (Å²) in [6.07, 6.45) is 5.65. The molecular weight excluding hydrogens is 294 g/mol. The number of hydrogen-bond donors (Lipinski definition) is 1. The highest BCUT2D eigenvalue weighted by Crippen LogP contribution is 2.21. The Balaban J connectivity index is 1.64. The van der Waals surface area contributed by atoms with Gasteiger partial charge in [0.1, 0.15) is 5.69 Å². The highest BCUT2D eigenvalue weighted by molar-refractivity contribution is 5.97. The van der Waals surface area contributed by atoms with E-state index < -0.39 is 0 Å². The van der Waals surface area contributed by atoms with Gasteiger partial charge in [0, 0.05) is 44.9 Å². The van der Waals surface area contributed by atoms with Gasteiger partial charge in [-0.2, -0.15) is 0 Å². The van der Waals surface area contributed by atoms with Crippen molar-refractivity contribution in [2.24, 2.45) is 0 Å². The maximum Gasteiger partial charge on any atom is 0.268 e. The normalized spacial score (nSPS) is 16.4. The molecule has 2 aromatic rings. The Hall–Kier alpha value is -2.05. The smallest absolute Gasteiger partial charge is 0.268 e. The van der Waals surface area contributed by atoms with Crippen LogP contribution >= 0.6 is 0 Å². The zero-order valence-corrected chi connectivity index (χ0v) is 13.5. The number of amides is 1. The molecule has 6 heteroatoms. The van der Waals surface area contributed by atoms with Crippen LogP contribution in [0.5, 0.6) is 0 Å². The van der Waals surface area contributed by atoms with Crippen LogP contribution in [0.3, 0.4) is 0 Å². The molecule has 124 valence electrons. The maximum atomic E-state index is 12.5. The Kier molecular flexibility index (Phi) is 5.15. The van der Waals surface area contributed by atoms with E-state index in [0.717, 1.165) is 43.9 Å². The number of carbonyl (C=O) groups excluding carboxylic acids is 1. The number of fused-ring (bicyclic) bond motifs is 1. The highest BCUT2D eigenvalue weighted by Gasteiger charge is 2.17. The van der Waals surface area contributed by atoms with Crippen molar-refractivity contribution in [2.45, 2.75) is 13.5 Å². The zero-order valence-electron chi connectivity index (χ0n) is 13.5. The van der Waals surface area contributed by atoms with E-state index in [-0.39, 0.29) is 5.91 Å². The van der Waals surface area contributed by atoms with E-state index in [4.69, 9.17) is 9.15 Å². The fraction of sp³-hybridized carbons (Fsp3) is 0.471. The molecule has 0 spiro atoms. The van der Waals surface area contributed by atoms with Crippen molar-refractivity contribution in [1.29, 1.82) is 0 Å². The lowest BCUT2D eigenvalue weighted by Gasteiger charge is -2.26. The molecule has 2 aromatic heterocycles. The average Bonchev–Trinajstić information content (AvgIpc) is 3.15. The van der Waals surface area contributed by atoms with Gasteiger partial charge < -0.3 is 19.0 Å². The fourth-order valence-corrected chi connectivity index (χ4v) is 2.82. The highest BCUT2D eigenvalue weighted by atomic mass is 16.5. The summed E-state index contributed by atoms with van der Waals surface area (Å²) in [5.74, 6) is -0.0610. The fourth-order valence-electron chi connectivity index (χ4n) is 2.82. The molecule has 1 N–H and O–H groups in total. The SMILES string of the molecule is C/C=C\Cn1c(C(=O)NCCN2CCOCC2)cc2occc21. The molecule has 0 aliphatic carbocycles. The van der Waals surface area contributed by atoms with Crippen LogP contribution in [0, 0.1) is 0 Å². The van der Waals surface area contributed by atoms with Crippen molar-refractivity contribution in [3.05, 3.63) is 36.2 Å². The minimum atomic E-state index is -0.0610. The summed E-state index contributed by atoms with van der Waals surface area (Å²) < 4.78 is 12.7. The molecule has 0 radical (unpaired) electrons. The van der Waals surface area contributed by atoms with Crippen molar-refractivity contribution >= 4 is 17.0 Å². The van der Waals surface area contributed by atoms with Crippen LogP contribution in [0.2, 0.25) is 0 Å². The summed E-state index contributed by atoms with van der Waals surface area (Å²) in [4.78, 5) is 14.8. The third-order valence-electron chi connectivity index (χ3n) is 4.10. The van der Waals surface area contributed by atoms with Gasteiger partial charge in [0.25, 0.3) is 5.91 Å². The minimum Gasteiger partial charge on any atom is -0.463 e. The van der Waals surface area contributed by atoms with E-state index >= 15 is 0 Å². The first-order valence-corrected chi connectivity index (χ1v) is 8.06. The van der Waals surface area contributed by atoms with Gasteiger partial charge in [-0.1, -0.05) is 12.2 Å². The lowest BCUT2D eigenvalue weighted by molar-refractivity contribution is 0.0383. The standard InChI is InChI=1S/C17H23N3O3/c1-2-3-6-20-14-4-10-23-16(14)13-15(20)17(21)18-5-7-19-8-11-22-12-9-19/h2-4,10,13H,5-9,11-12H2,1H3,(H,18,21)/b3-2-. The van der Waals surface area contributed by atoms with Crippen molar-refractivity contribution in [2.75, 3.05) is 39.4 Å². The molecule has 3 heterocycles. The molecule has 0 bridgehead atoms. The molecule has 1 fully saturated rings. The molecule has 0 saturated carbocycles. The van der Waals surface area contributed by atoms with Gasteiger partial charge in [-0.05, 0) is 6.92 Å². The van der Waals surface area contributed by atoms with Gasteiger partial charge in [0.2, 0.25) is 0 Å². The van der Waals surface area contributed by atoms with E-state index in [0.29, 0.717) is 18.8 Å². The predicted octanol–water partition coefficient (Wildman–Crippen LogP) is 1.87. The van der Waals surface area contributed by atoms with Crippen LogP contribution in [0.4, 0.5) is 0 Å². The topological polar surface area (TPSA) is 59.6 Å². The Morgan fingerprint density at radius 1 is 1.39 bits per heavy atom. The van der Waals surface area contributed by atoms with E-state index in [1.165, 1.54) is 0 Å². The second kappa shape index (κ2) is 7.48. The van der Waals surface area contributed by atoms with Crippen LogP contribution in [0.1, 0.15) is 17.4 Å². The summed E-state index contributed by atoms with van der Waals surface area (Å²) in [5, 5.41) is 3.01. The van der Waals surface area contributed by atoms with Crippen molar-refractivity contribution in [3.8, 4) is 0 Å². The third-order valence-corrected chi connectivity index (χ3v) is 4.10. The minimum absolute atomic E-state index is 0.0610. The molecule has 1 aliphatic heterocycles. The Morgan fingerprint density at radius 3 is 3.00 bits per heavy atom. The van der Waals surface area contributed by atoms with Gasteiger partial charge in [-0.15, -0.1) is 0 Å². The molecule has 23 heavy (non-hydrogen) atoms. The summed E-state index contributed by atoms with van der Waals surface area (Å²) >= 11 is 0. The maximum absolute atomic E-state index is 12.5. The van der Waals surface area contributed by atoms with Crippen LogP contribution in [-0.2, 0) is 11.3 Å². The third kappa shape index (κ3) is 3.65. The van der Waals surface area contributed by atoms with Crippen LogP contribution in [-0.4, -0.2) is 54.8 Å². The number of allylic oxidation sites excluding steroid dienone is 2. The van der Waals surface area contributed by atoms with Gasteiger partial charge in [0.15, 0.2) is 5.58 Å². The largest absolute Gasteiger partial charge is 0.463 e. The second-order valence-corrected chi connectivity index (χ2v) is 5.59. The van der Waals surface area contributed by atoms with Crippen LogP contribution in [0.25, 0.3) is 11.1 Å². The molecule has 0 aromatic carbocycles. The predicted molar refractivity (Wildman–Crippen MR) is 88.6 cm³/mol. The zero-order chi connectivity index (χ0) is 16.1. The molecular formula is C17H23N3O3. The van der Waals surface area contributed by atoms with E-state index in [1.807, 2.05) is 35.8 Å². The van der Waals surface area contributed by atoms with Crippen LogP contribution in [0.15, 0.2) is 35.0 Å². The Labute approximate surface area is 135 Å². The lowest BCUT2D eigenvalue weighted by atomic mass is 10.3. The van der Waals surface area contributed by atoms with Crippen molar-refractivity contribution in [1.82, 2.24) is 14.8 Å². The first kappa shape index (κ1) is 15.8. The lowest BCUT2D eigenvalue weighted by Crippen LogP contribution is -2.41. The molecule has 1 amide bonds. The molecule has 0 atom stereocenters. The molecule has 1 saturated heterocycles. The average molecular weight is 317 g/mol. The monoisotopic (exact) mass is 317 g/mol. The van der Waals surface area contributed by atoms with E-state index in [9.17, 15) is 4.79 Å². The summed E-state index contributed by atoms with van der Waals surface area (Å²) in [6, 6.07) is 3.70. The van der Waals surface area contributed by atoms with Gasteiger partial charge in [0.05, 0.1) is 25.0 Å². The molecule has 6 nitrogen and oxygen atoms in total. The number of morpholine rings is 1. The molecule has 1 aliphatic rings. The number of aromatic nitrogens is 1. The van der Waals surface area contributed by atoms with E-state index in [1.54, 1.807) is 6.26 Å². The number of furan rings is 1. The Morgan fingerprint density at radius 2 is 2.22 bits per heavy atom. The Bertz CT molecular complexity index is 680. The molecule has 3 rings (SSSR count). The number of rotatable bonds is 6. The van der Waals surface area contributed by atoms with Crippen LogP contribution < -0.4 is 5.32 Å². The first-order chi connectivity index (χ1) is 11.3. The number of nitrogens with one attached hydrogen (secondary N) is 1. The number of ether oxygens (including phenoxy) is 1. The second-order valence-electron chi connectivity index (χ2n) is 5.59. The summed E-state index contributed by atoms with van der Waals surface area (Å²) in [6.45, 7) is 7.52. The quantitative estimate of drug-likeness (QED) is 0.826. The number of nitrogens with zero attached hydrogens (tertiary/aromatic N) is 2. The van der Waals surface area contributed by atoms with Crippen molar-refractivity contribution < 1.29 is 13.9 Å². The van der Waals surface area contributed by atoms with Gasteiger partial charge in [-0.25, -0.2) is 0 Å². The first-order valence-electron chi connectivity index (χ1n) is 8.06. The summed E-state index contributed by atoms with van der Waals surface area (Å²) in [7, 11) is 0. The van der Waals surface area contributed by atoms with Crippen molar-refractivity contribution in [3.63, 3.8) is 0 Å². The molecule has 0 unspecified atom stereocenters. The number of hydrogen-bond acceptors (Lipinski definition) is 4. The van der Waals surface area contributed by atoms with E-state index in [2.05, 4.69) is 10.2 Å². The van der Waals surface area contributed by atoms with Gasteiger partial charge in [-0.3, -0.25) is 9.69 Å². The van der Waals surface area contributed by atoms with Gasteiger partial charge >= 0.3 is 0 Å². The number of carbonyl (C=O) groups is 1. The summed E-state index contributed by atoms with van der Waals surface area (Å²) in [5.41, 5.74) is 2.33.